The topological polar surface area (TPSA) is 54.3 Å². The van der Waals surface area contributed by atoms with Gasteiger partial charge in [-0.25, -0.2) is 0 Å². The number of carboxylic acids is 1. The number of hydrogen-bond acceptors (Lipinski definition) is 2. The Kier molecular flexibility index (Phi) is 2.59. The van der Waals surface area contributed by atoms with E-state index in [-0.39, 0.29) is 12.0 Å². The summed E-state index contributed by atoms with van der Waals surface area (Å²) in [6.07, 6.45) is 2.72. The molecule has 1 aromatic heterocycles. The molecule has 2 atom stereocenters. The SMILES string of the molecule is Cn1ccc2cc([C@H]3NCC[C@@H]3C(=O)O)ccc21. The number of rotatable bonds is 2. The van der Waals surface area contributed by atoms with Crippen molar-refractivity contribution in [2.45, 2.75) is 12.5 Å². The minimum atomic E-state index is -0.710. The van der Waals surface area contributed by atoms with Crippen molar-refractivity contribution in [1.82, 2.24) is 9.88 Å². The molecule has 4 nitrogen and oxygen atoms in total. The standard InChI is InChI=1S/C14H16N2O2/c1-16-7-5-9-8-10(2-3-12(9)16)13-11(14(17)18)4-6-15-13/h2-3,5,7-8,11,13,15H,4,6H2,1H3,(H,17,18)/t11-,13+/m0/s1. The van der Waals surface area contributed by atoms with Crippen LogP contribution in [0.4, 0.5) is 0 Å². The van der Waals surface area contributed by atoms with E-state index in [0.717, 1.165) is 17.5 Å². The van der Waals surface area contributed by atoms with E-state index in [1.165, 1.54) is 5.52 Å². The van der Waals surface area contributed by atoms with Gasteiger partial charge in [0.05, 0.1) is 5.92 Å². The Hall–Kier alpha value is -1.81. The van der Waals surface area contributed by atoms with Crippen LogP contribution in [-0.2, 0) is 11.8 Å². The van der Waals surface area contributed by atoms with Crippen molar-refractivity contribution in [3.8, 4) is 0 Å². The van der Waals surface area contributed by atoms with Crippen LogP contribution in [0.1, 0.15) is 18.0 Å². The van der Waals surface area contributed by atoms with Gasteiger partial charge in [0, 0.05) is 24.8 Å². The number of hydrogen-bond donors (Lipinski definition) is 2. The second-order valence-electron chi connectivity index (χ2n) is 4.91. The molecule has 0 bridgehead atoms. The lowest BCUT2D eigenvalue weighted by Gasteiger charge is -2.16. The number of fused-ring (bicyclic) bond motifs is 1. The van der Waals surface area contributed by atoms with Gasteiger partial charge in [-0.3, -0.25) is 4.79 Å². The van der Waals surface area contributed by atoms with Gasteiger partial charge >= 0.3 is 5.97 Å². The molecule has 2 N–H and O–H groups in total. The molecule has 0 radical (unpaired) electrons. The second kappa shape index (κ2) is 4.14. The van der Waals surface area contributed by atoms with Crippen molar-refractivity contribution < 1.29 is 9.90 Å². The maximum atomic E-state index is 11.2. The molecule has 2 aromatic rings. The Labute approximate surface area is 105 Å². The summed E-state index contributed by atoms with van der Waals surface area (Å²) in [7, 11) is 2.01. The van der Waals surface area contributed by atoms with Gasteiger partial charge in [-0.05, 0) is 42.1 Å². The summed E-state index contributed by atoms with van der Waals surface area (Å²) in [5.41, 5.74) is 2.24. The summed E-state index contributed by atoms with van der Waals surface area (Å²) in [5, 5.41) is 13.7. The summed E-state index contributed by atoms with van der Waals surface area (Å²) in [4.78, 5) is 11.2. The van der Waals surface area contributed by atoms with Crippen LogP contribution < -0.4 is 5.32 Å². The fourth-order valence-electron chi connectivity index (χ4n) is 2.81. The van der Waals surface area contributed by atoms with Crippen molar-refractivity contribution in [2.75, 3.05) is 6.54 Å². The zero-order valence-electron chi connectivity index (χ0n) is 10.3. The third-order valence-corrected chi connectivity index (χ3v) is 3.81. The first-order chi connectivity index (χ1) is 8.66. The predicted molar refractivity (Wildman–Crippen MR) is 69.4 cm³/mol. The molecule has 1 saturated heterocycles. The molecule has 18 heavy (non-hydrogen) atoms. The molecule has 3 rings (SSSR count). The smallest absolute Gasteiger partial charge is 0.308 e. The van der Waals surface area contributed by atoms with Gasteiger partial charge in [-0.15, -0.1) is 0 Å². The Morgan fingerprint density at radius 3 is 3.06 bits per heavy atom. The number of aryl methyl sites for hydroxylation is 1. The summed E-state index contributed by atoms with van der Waals surface area (Å²) in [6, 6.07) is 8.18. The Morgan fingerprint density at radius 1 is 1.44 bits per heavy atom. The predicted octanol–water partition coefficient (Wildman–Crippen LogP) is 1.91. The average Bonchev–Trinajstić information content (AvgIpc) is 2.96. The number of aromatic nitrogens is 1. The molecule has 0 amide bonds. The highest BCUT2D eigenvalue weighted by Gasteiger charge is 2.33. The van der Waals surface area contributed by atoms with E-state index in [2.05, 4.69) is 28.1 Å². The normalized spacial score (nSPS) is 23.6. The van der Waals surface area contributed by atoms with Gasteiger partial charge < -0.3 is 15.0 Å². The van der Waals surface area contributed by atoms with Crippen LogP contribution in [0.25, 0.3) is 10.9 Å². The first kappa shape index (κ1) is 11.3. The molecular weight excluding hydrogens is 228 g/mol. The quantitative estimate of drug-likeness (QED) is 0.848. The molecule has 2 heterocycles. The van der Waals surface area contributed by atoms with E-state index < -0.39 is 5.97 Å². The van der Waals surface area contributed by atoms with Crippen molar-refractivity contribution in [1.29, 1.82) is 0 Å². The van der Waals surface area contributed by atoms with E-state index in [1.807, 2.05) is 19.3 Å². The first-order valence-corrected chi connectivity index (χ1v) is 6.18. The van der Waals surface area contributed by atoms with E-state index in [4.69, 9.17) is 0 Å². The van der Waals surface area contributed by atoms with Crippen molar-refractivity contribution in [2.24, 2.45) is 13.0 Å². The summed E-state index contributed by atoms with van der Waals surface area (Å²) in [5.74, 6) is -1.02. The molecule has 0 aliphatic carbocycles. The molecule has 0 unspecified atom stereocenters. The average molecular weight is 244 g/mol. The number of benzene rings is 1. The number of carbonyl (C=O) groups is 1. The van der Waals surface area contributed by atoms with E-state index in [9.17, 15) is 9.90 Å². The van der Waals surface area contributed by atoms with Crippen molar-refractivity contribution >= 4 is 16.9 Å². The van der Waals surface area contributed by atoms with Crippen LogP contribution >= 0.6 is 0 Å². The zero-order valence-corrected chi connectivity index (χ0v) is 10.3. The third-order valence-electron chi connectivity index (χ3n) is 3.81. The third kappa shape index (κ3) is 1.69. The Balaban J connectivity index is 2.01. The van der Waals surface area contributed by atoms with Gasteiger partial charge in [0.1, 0.15) is 0 Å². The Morgan fingerprint density at radius 2 is 2.28 bits per heavy atom. The van der Waals surface area contributed by atoms with E-state index in [0.29, 0.717) is 6.42 Å². The van der Waals surface area contributed by atoms with E-state index >= 15 is 0 Å². The minimum Gasteiger partial charge on any atom is -0.481 e. The summed E-state index contributed by atoms with van der Waals surface area (Å²) < 4.78 is 2.07. The van der Waals surface area contributed by atoms with E-state index in [1.54, 1.807) is 0 Å². The van der Waals surface area contributed by atoms with Crippen molar-refractivity contribution in [3.63, 3.8) is 0 Å². The van der Waals surface area contributed by atoms with Gasteiger partial charge in [-0.1, -0.05) is 6.07 Å². The number of carboxylic acid groups (broad SMARTS) is 1. The number of nitrogens with zero attached hydrogens (tertiary/aromatic N) is 1. The largest absolute Gasteiger partial charge is 0.481 e. The van der Waals surface area contributed by atoms with Crippen LogP contribution in [0.2, 0.25) is 0 Å². The monoisotopic (exact) mass is 244 g/mol. The summed E-state index contributed by atoms with van der Waals surface area (Å²) in [6.45, 7) is 0.772. The molecular formula is C14H16N2O2. The highest BCUT2D eigenvalue weighted by atomic mass is 16.4. The minimum absolute atomic E-state index is 0.0629. The Bertz CT molecular complexity index is 603. The van der Waals surface area contributed by atoms with Crippen LogP contribution in [0, 0.1) is 5.92 Å². The van der Waals surface area contributed by atoms with Crippen LogP contribution in [0.3, 0.4) is 0 Å². The molecule has 1 aliphatic rings. The van der Waals surface area contributed by atoms with Crippen molar-refractivity contribution in [3.05, 3.63) is 36.0 Å². The van der Waals surface area contributed by atoms with Gasteiger partial charge in [-0.2, -0.15) is 0 Å². The highest BCUT2D eigenvalue weighted by molar-refractivity contribution is 5.81. The maximum Gasteiger partial charge on any atom is 0.308 e. The first-order valence-electron chi connectivity index (χ1n) is 6.18. The van der Waals surface area contributed by atoms with Gasteiger partial charge in [0.2, 0.25) is 0 Å². The molecule has 0 saturated carbocycles. The van der Waals surface area contributed by atoms with Gasteiger partial charge in [0.15, 0.2) is 0 Å². The molecule has 1 aliphatic heterocycles. The lowest BCUT2D eigenvalue weighted by atomic mass is 9.94. The van der Waals surface area contributed by atoms with Crippen LogP contribution in [0.5, 0.6) is 0 Å². The number of nitrogens with one attached hydrogen (secondary N) is 1. The fourth-order valence-corrected chi connectivity index (χ4v) is 2.81. The second-order valence-corrected chi connectivity index (χ2v) is 4.91. The highest BCUT2D eigenvalue weighted by Crippen LogP contribution is 2.31. The molecule has 1 aromatic carbocycles. The molecule has 94 valence electrons. The number of aliphatic carboxylic acids is 1. The molecule has 4 heteroatoms. The zero-order chi connectivity index (χ0) is 12.7. The lowest BCUT2D eigenvalue weighted by Crippen LogP contribution is -2.23. The van der Waals surface area contributed by atoms with Crippen LogP contribution in [0.15, 0.2) is 30.5 Å². The fraction of sp³-hybridized carbons (Fsp3) is 0.357. The molecule has 1 fully saturated rings. The summed E-state index contributed by atoms with van der Waals surface area (Å²) >= 11 is 0. The lowest BCUT2D eigenvalue weighted by molar-refractivity contribution is -0.142. The van der Waals surface area contributed by atoms with Gasteiger partial charge in [0.25, 0.3) is 0 Å². The molecule has 0 spiro atoms. The maximum absolute atomic E-state index is 11.2. The van der Waals surface area contributed by atoms with Crippen LogP contribution in [-0.4, -0.2) is 22.2 Å².